The van der Waals surface area contributed by atoms with Crippen LogP contribution in [0, 0.1) is 0 Å². The van der Waals surface area contributed by atoms with Crippen molar-refractivity contribution in [2.45, 2.75) is 38.3 Å². The molecule has 0 amide bonds. The maximum Gasteiger partial charge on any atom is 0.305 e. The Labute approximate surface area is 114 Å². The van der Waals surface area contributed by atoms with Crippen molar-refractivity contribution >= 4 is 5.97 Å². The average Bonchev–Trinajstić information content (AvgIpc) is 2.64. The fourth-order valence-electron chi connectivity index (χ4n) is 2.47. The standard InChI is InChI=1S/C15H21NO3/c1-15(2)14(16-10-6-9-13(17)18-3)11-7-4-5-8-12(11)19-15/h4-5,7-8,14,16H,6,9-10H2,1-3H3. The average molecular weight is 263 g/mol. The van der Waals surface area contributed by atoms with Gasteiger partial charge in [0.05, 0.1) is 13.2 Å². The van der Waals surface area contributed by atoms with Crippen LogP contribution < -0.4 is 10.1 Å². The number of hydrogen-bond acceptors (Lipinski definition) is 4. The summed E-state index contributed by atoms with van der Waals surface area (Å²) < 4.78 is 10.6. The topological polar surface area (TPSA) is 47.6 Å². The quantitative estimate of drug-likeness (QED) is 0.655. The molecule has 1 aromatic rings. The molecule has 1 aromatic carbocycles. The highest BCUT2D eigenvalue weighted by atomic mass is 16.5. The van der Waals surface area contributed by atoms with E-state index in [9.17, 15) is 4.79 Å². The van der Waals surface area contributed by atoms with Crippen molar-refractivity contribution in [3.63, 3.8) is 0 Å². The Kier molecular flexibility index (Phi) is 4.10. The van der Waals surface area contributed by atoms with Crippen molar-refractivity contribution in [3.05, 3.63) is 29.8 Å². The van der Waals surface area contributed by atoms with Crippen LogP contribution in [0.15, 0.2) is 24.3 Å². The Bertz CT molecular complexity index is 456. The van der Waals surface area contributed by atoms with Crippen molar-refractivity contribution in [3.8, 4) is 5.75 Å². The van der Waals surface area contributed by atoms with Gasteiger partial charge in [-0.1, -0.05) is 18.2 Å². The largest absolute Gasteiger partial charge is 0.486 e. The van der Waals surface area contributed by atoms with E-state index in [1.807, 2.05) is 18.2 Å². The smallest absolute Gasteiger partial charge is 0.305 e. The molecule has 1 N–H and O–H groups in total. The highest BCUT2D eigenvalue weighted by molar-refractivity contribution is 5.69. The van der Waals surface area contributed by atoms with Gasteiger partial charge in [0.1, 0.15) is 11.4 Å². The molecule has 0 saturated carbocycles. The Hall–Kier alpha value is -1.55. The van der Waals surface area contributed by atoms with Crippen LogP contribution in [-0.4, -0.2) is 25.2 Å². The maximum atomic E-state index is 11.1. The Morgan fingerprint density at radius 1 is 1.42 bits per heavy atom. The van der Waals surface area contributed by atoms with E-state index in [1.165, 1.54) is 12.7 Å². The van der Waals surface area contributed by atoms with Crippen LogP contribution in [0.2, 0.25) is 0 Å². The predicted octanol–water partition coefficient (Wildman–Crippen LogP) is 2.44. The number of hydrogen-bond donors (Lipinski definition) is 1. The lowest BCUT2D eigenvalue weighted by Gasteiger charge is -2.27. The molecule has 0 fully saturated rings. The normalized spacial score (nSPS) is 19.6. The van der Waals surface area contributed by atoms with Gasteiger partial charge in [0, 0.05) is 12.0 Å². The second-order valence-electron chi connectivity index (χ2n) is 5.31. The van der Waals surface area contributed by atoms with Gasteiger partial charge in [-0.3, -0.25) is 4.79 Å². The summed E-state index contributed by atoms with van der Waals surface area (Å²) in [5.74, 6) is 0.780. The van der Waals surface area contributed by atoms with Gasteiger partial charge in [0.15, 0.2) is 0 Å². The fraction of sp³-hybridized carbons (Fsp3) is 0.533. The van der Waals surface area contributed by atoms with Gasteiger partial charge in [-0.25, -0.2) is 0 Å². The number of carbonyl (C=O) groups excluding carboxylic acids is 1. The molecule has 0 aromatic heterocycles. The van der Waals surface area contributed by atoms with Crippen molar-refractivity contribution in [2.24, 2.45) is 0 Å². The molecule has 0 bridgehead atoms. The fourth-order valence-corrected chi connectivity index (χ4v) is 2.47. The van der Waals surface area contributed by atoms with E-state index >= 15 is 0 Å². The third-order valence-corrected chi connectivity index (χ3v) is 3.43. The van der Waals surface area contributed by atoms with Crippen molar-refractivity contribution < 1.29 is 14.3 Å². The molecule has 0 saturated heterocycles. The summed E-state index contributed by atoms with van der Waals surface area (Å²) in [6, 6.07) is 8.23. The molecule has 1 aliphatic heterocycles. The summed E-state index contributed by atoms with van der Waals surface area (Å²) in [6.45, 7) is 4.91. The zero-order chi connectivity index (χ0) is 13.9. The third kappa shape index (κ3) is 3.07. The molecule has 4 nitrogen and oxygen atoms in total. The Balaban J connectivity index is 1.94. The van der Waals surface area contributed by atoms with E-state index in [-0.39, 0.29) is 17.6 Å². The number of ether oxygens (including phenoxy) is 2. The minimum Gasteiger partial charge on any atom is -0.486 e. The summed E-state index contributed by atoms with van der Waals surface area (Å²) in [5.41, 5.74) is 0.917. The van der Waals surface area contributed by atoms with Crippen LogP contribution in [0.5, 0.6) is 5.75 Å². The van der Waals surface area contributed by atoms with E-state index in [2.05, 4.69) is 30.0 Å². The second-order valence-corrected chi connectivity index (χ2v) is 5.31. The number of esters is 1. The lowest BCUT2D eigenvalue weighted by molar-refractivity contribution is -0.140. The predicted molar refractivity (Wildman–Crippen MR) is 73.1 cm³/mol. The van der Waals surface area contributed by atoms with Crippen LogP contribution in [0.3, 0.4) is 0 Å². The first-order valence-corrected chi connectivity index (χ1v) is 6.63. The zero-order valence-electron chi connectivity index (χ0n) is 11.7. The number of fused-ring (bicyclic) bond motifs is 1. The Morgan fingerprint density at radius 2 is 2.16 bits per heavy atom. The number of methoxy groups -OCH3 is 1. The van der Waals surface area contributed by atoms with Crippen molar-refractivity contribution in [1.82, 2.24) is 5.32 Å². The molecule has 4 heteroatoms. The lowest BCUT2D eigenvalue weighted by atomic mass is 9.94. The molecule has 104 valence electrons. The van der Waals surface area contributed by atoms with E-state index in [4.69, 9.17) is 4.74 Å². The van der Waals surface area contributed by atoms with Crippen molar-refractivity contribution in [1.29, 1.82) is 0 Å². The zero-order valence-corrected chi connectivity index (χ0v) is 11.7. The molecule has 0 spiro atoms. The van der Waals surface area contributed by atoms with Crippen molar-refractivity contribution in [2.75, 3.05) is 13.7 Å². The molecule has 0 radical (unpaired) electrons. The molecule has 1 aliphatic rings. The van der Waals surface area contributed by atoms with Gasteiger partial charge < -0.3 is 14.8 Å². The summed E-state index contributed by atoms with van der Waals surface area (Å²) in [5, 5.41) is 3.47. The number of para-hydroxylation sites is 1. The summed E-state index contributed by atoms with van der Waals surface area (Å²) in [6.07, 6.45) is 1.21. The second kappa shape index (κ2) is 5.61. The molecular weight excluding hydrogens is 242 g/mol. The van der Waals surface area contributed by atoms with Gasteiger partial charge in [0.25, 0.3) is 0 Å². The van der Waals surface area contributed by atoms with Gasteiger partial charge in [-0.15, -0.1) is 0 Å². The van der Waals surface area contributed by atoms with Crippen LogP contribution >= 0.6 is 0 Å². The first-order valence-electron chi connectivity index (χ1n) is 6.63. The van der Waals surface area contributed by atoms with Gasteiger partial charge in [-0.2, -0.15) is 0 Å². The third-order valence-electron chi connectivity index (χ3n) is 3.43. The molecule has 0 aliphatic carbocycles. The van der Waals surface area contributed by atoms with Gasteiger partial charge in [-0.05, 0) is 32.9 Å². The van der Waals surface area contributed by atoms with E-state index in [0.29, 0.717) is 6.42 Å². The molecule has 2 rings (SSSR count). The van der Waals surface area contributed by atoms with Crippen LogP contribution in [-0.2, 0) is 9.53 Å². The molecule has 19 heavy (non-hydrogen) atoms. The van der Waals surface area contributed by atoms with Crippen LogP contribution in [0.25, 0.3) is 0 Å². The molecule has 1 unspecified atom stereocenters. The number of benzene rings is 1. The summed E-state index contributed by atoms with van der Waals surface area (Å²) >= 11 is 0. The lowest BCUT2D eigenvalue weighted by Crippen LogP contribution is -2.39. The Morgan fingerprint density at radius 3 is 2.89 bits per heavy atom. The van der Waals surface area contributed by atoms with E-state index in [0.717, 1.165) is 18.7 Å². The van der Waals surface area contributed by atoms with Gasteiger partial charge >= 0.3 is 5.97 Å². The highest BCUT2D eigenvalue weighted by Gasteiger charge is 2.40. The van der Waals surface area contributed by atoms with E-state index in [1.54, 1.807) is 0 Å². The minimum absolute atomic E-state index is 0.154. The number of rotatable bonds is 5. The minimum atomic E-state index is -0.269. The van der Waals surface area contributed by atoms with Crippen LogP contribution in [0.1, 0.15) is 38.3 Å². The molecule has 1 atom stereocenters. The SMILES string of the molecule is COC(=O)CCCNC1c2ccccc2OC1(C)C. The molecular formula is C15H21NO3. The van der Waals surface area contributed by atoms with Gasteiger partial charge in [0.2, 0.25) is 0 Å². The summed E-state index contributed by atoms with van der Waals surface area (Å²) in [7, 11) is 1.42. The number of carbonyl (C=O) groups is 1. The maximum absolute atomic E-state index is 11.1. The first-order chi connectivity index (χ1) is 9.04. The highest BCUT2D eigenvalue weighted by Crippen LogP contribution is 2.42. The molecule has 1 heterocycles. The number of nitrogens with one attached hydrogen (secondary N) is 1. The summed E-state index contributed by atoms with van der Waals surface area (Å²) in [4.78, 5) is 11.1. The first kappa shape index (κ1) is 13.9. The van der Waals surface area contributed by atoms with E-state index < -0.39 is 0 Å². The monoisotopic (exact) mass is 263 g/mol. The van der Waals surface area contributed by atoms with Crippen LogP contribution in [0.4, 0.5) is 0 Å².